The van der Waals surface area contributed by atoms with Crippen molar-refractivity contribution in [2.75, 3.05) is 19.2 Å². The molecule has 2 aromatic rings. The zero-order valence-corrected chi connectivity index (χ0v) is 15.4. The molecular weight excluding hydrogens is 372 g/mol. The molecule has 27 heavy (non-hydrogen) atoms. The first-order chi connectivity index (χ1) is 13.2. The van der Waals surface area contributed by atoms with Crippen LogP contribution < -0.4 is 20.5 Å². The number of benzene rings is 1. The summed E-state index contributed by atoms with van der Waals surface area (Å²) in [5.74, 6) is 1.42. The molecular formula is C17H20N4O5S. The Balaban J connectivity index is 1.28. The molecule has 1 fully saturated rings. The Labute approximate surface area is 159 Å². The Morgan fingerprint density at radius 2 is 2.26 bits per heavy atom. The number of carbonyl (C=O) groups is 1. The molecule has 1 aromatic carbocycles. The van der Waals surface area contributed by atoms with Gasteiger partial charge >= 0.3 is 5.69 Å². The van der Waals surface area contributed by atoms with E-state index in [-0.39, 0.29) is 30.2 Å². The number of ether oxygens (including phenoxy) is 3. The Kier molecular flexibility index (Phi) is 5.35. The lowest BCUT2D eigenvalue weighted by molar-refractivity contribution is -0.118. The topological polar surface area (TPSA) is 107 Å². The minimum Gasteiger partial charge on any atom is -0.454 e. The van der Waals surface area contributed by atoms with Crippen LogP contribution >= 0.6 is 11.8 Å². The SMILES string of the molecule is O=C(CSc1n[nH]c(=O)n1C[C@@H]1CCCO1)NCc1ccc2c(c1)OCO2. The molecule has 0 unspecified atom stereocenters. The molecule has 0 bridgehead atoms. The van der Waals surface area contributed by atoms with Crippen LogP contribution in [-0.4, -0.2) is 45.9 Å². The van der Waals surface area contributed by atoms with E-state index in [1.54, 1.807) is 0 Å². The lowest BCUT2D eigenvalue weighted by Crippen LogP contribution is -2.26. The number of rotatable bonds is 7. The maximum Gasteiger partial charge on any atom is 0.344 e. The van der Waals surface area contributed by atoms with Gasteiger partial charge in [-0.05, 0) is 30.5 Å². The predicted molar refractivity (Wildman–Crippen MR) is 97.0 cm³/mol. The number of amides is 1. The summed E-state index contributed by atoms with van der Waals surface area (Å²) in [6, 6.07) is 5.56. The van der Waals surface area contributed by atoms with Gasteiger partial charge < -0.3 is 19.5 Å². The van der Waals surface area contributed by atoms with Crippen molar-refractivity contribution in [3.05, 3.63) is 34.2 Å². The van der Waals surface area contributed by atoms with Crippen molar-refractivity contribution in [1.82, 2.24) is 20.1 Å². The van der Waals surface area contributed by atoms with E-state index in [1.165, 1.54) is 16.3 Å². The van der Waals surface area contributed by atoms with Crippen molar-refractivity contribution in [2.24, 2.45) is 0 Å². The third-order valence-electron chi connectivity index (χ3n) is 4.39. The molecule has 1 aromatic heterocycles. The number of hydrogen-bond donors (Lipinski definition) is 2. The molecule has 0 radical (unpaired) electrons. The Bertz CT molecular complexity index is 874. The third kappa shape index (κ3) is 4.28. The second-order valence-corrected chi connectivity index (χ2v) is 7.25. The predicted octanol–water partition coefficient (Wildman–Crippen LogP) is 0.888. The first kappa shape index (κ1) is 17.9. The fourth-order valence-corrected chi connectivity index (χ4v) is 3.78. The van der Waals surface area contributed by atoms with E-state index in [0.29, 0.717) is 29.7 Å². The van der Waals surface area contributed by atoms with E-state index in [4.69, 9.17) is 14.2 Å². The number of aromatic amines is 1. The Hall–Kier alpha value is -2.46. The molecule has 1 atom stereocenters. The van der Waals surface area contributed by atoms with Gasteiger partial charge in [0, 0.05) is 13.2 Å². The van der Waals surface area contributed by atoms with Crippen molar-refractivity contribution in [3.8, 4) is 11.5 Å². The highest BCUT2D eigenvalue weighted by Gasteiger charge is 2.20. The maximum atomic E-state index is 12.1. The number of fused-ring (bicyclic) bond motifs is 1. The van der Waals surface area contributed by atoms with E-state index >= 15 is 0 Å². The normalized spacial score (nSPS) is 18.0. The zero-order valence-electron chi connectivity index (χ0n) is 14.6. The summed E-state index contributed by atoms with van der Waals surface area (Å²) in [5.41, 5.74) is 0.640. The van der Waals surface area contributed by atoms with Crippen LogP contribution in [0.1, 0.15) is 18.4 Å². The van der Waals surface area contributed by atoms with Crippen LogP contribution in [0.4, 0.5) is 0 Å². The van der Waals surface area contributed by atoms with E-state index in [2.05, 4.69) is 15.5 Å². The average Bonchev–Trinajstić information content (AvgIpc) is 3.41. The monoisotopic (exact) mass is 392 g/mol. The molecule has 0 spiro atoms. The van der Waals surface area contributed by atoms with Crippen LogP contribution in [0.2, 0.25) is 0 Å². The van der Waals surface area contributed by atoms with E-state index in [1.807, 2.05) is 18.2 Å². The molecule has 2 aliphatic heterocycles. The van der Waals surface area contributed by atoms with Crippen LogP contribution in [0.25, 0.3) is 0 Å². The summed E-state index contributed by atoms with van der Waals surface area (Å²) in [7, 11) is 0. The van der Waals surface area contributed by atoms with Crippen molar-refractivity contribution in [2.45, 2.75) is 37.2 Å². The van der Waals surface area contributed by atoms with Gasteiger partial charge in [-0.25, -0.2) is 9.89 Å². The largest absolute Gasteiger partial charge is 0.454 e. The van der Waals surface area contributed by atoms with Gasteiger partial charge in [0.1, 0.15) is 0 Å². The molecule has 2 N–H and O–H groups in total. The minimum absolute atomic E-state index is 0.0273. The fourth-order valence-electron chi connectivity index (χ4n) is 3.00. The van der Waals surface area contributed by atoms with Crippen LogP contribution in [-0.2, 0) is 22.6 Å². The first-order valence-corrected chi connectivity index (χ1v) is 9.72. The molecule has 9 nitrogen and oxygen atoms in total. The number of nitrogens with one attached hydrogen (secondary N) is 2. The molecule has 0 saturated carbocycles. The summed E-state index contributed by atoms with van der Waals surface area (Å²) in [4.78, 5) is 24.1. The first-order valence-electron chi connectivity index (χ1n) is 8.74. The summed E-state index contributed by atoms with van der Waals surface area (Å²) in [5, 5.41) is 9.80. The van der Waals surface area contributed by atoms with Gasteiger partial charge in [0.05, 0.1) is 18.4 Å². The number of H-pyrrole nitrogens is 1. The number of thioether (sulfide) groups is 1. The molecule has 144 valence electrons. The van der Waals surface area contributed by atoms with Crippen LogP contribution in [0, 0.1) is 0 Å². The van der Waals surface area contributed by atoms with E-state index in [9.17, 15) is 9.59 Å². The fraction of sp³-hybridized carbons (Fsp3) is 0.471. The van der Waals surface area contributed by atoms with E-state index in [0.717, 1.165) is 25.0 Å². The highest BCUT2D eigenvalue weighted by atomic mass is 32.2. The highest BCUT2D eigenvalue weighted by Crippen LogP contribution is 2.32. The van der Waals surface area contributed by atoms with Crippen molar-refractivity contribution >= 4 is 17.7 Å². The lowest BCUT2D eigenvalue weighted by atomic mass is 10.2. The number of nitrogens with zero attached hydrogens (tertiary/aromatic N) is 2. The minimum atomic E-state index is -0.284. The van der Waals surface area contributed by atoms with Gasteiger partial charge in [0.25, 0.3) is 0 Å². The van der Waals surface area contributed by atoms with Gasteiger partial charge in [-0.15, -0.1) is 5.10 Å². The average molecular weight is 392 g/mol. The zero-order chi connectivity index (χ0) is 18.6. The second kappa shape index (κ2) is 8.05. The quantitative estimate of drug-likeness (QED) is 0.674. The Morgan fingerprint density at radius 1 is 1.37 bits per heavy atom. The number of carbonyl (C=O) groups excluding carboxylic acids is 1. The second-order valence-electron chi connectivity index (χ2n) is 6.31. The standard InChI is InChI=1S/C17H20N4O5S/c22-15(18-7-11-3-4-13-14(6-11)26-10-25-13)9-27-17-20-19-16(23)21(17)8-12-2-1-5-24-12/h3-4,6,12H,1-2,5,7-10H2,(H,18,22)(H,19,23)/t12-/m0/s1. The summed E-state index contributed by atoms with van der Waals surface area (Å²) >= 11 is 1.22. The molecule has 4 rings (SSSR count). The van der Waals surface area contributed by atoms with Gasteiger partial charge in [-0.3, -0.25) is 9.36 Å². The third-order valence-corrected chi connectivity index (χ3v) is 5.37. The molecule has 0 aliphatic carbocycles. The number of hydrogen-bond acceptors (Lipinski definition) is 7. The molecule has 10 heteroatoms. The van der Waals surface area contributed by atoms with Crippen molar-refractivity contribution in [3.63, 3.8) is 0 Å². The molecule has 2 aliphatic rings. The van der Waals surface area contributed by atoms with Gasteiger partial charge in [0.15, 0.2) is 16.7 Å². The van der Waals surface area contributed by atoms with Crippen LogP contribution in [0.5, 0.6) is 11.5 Å². The van der Waals surface area contributed by atoms with Crippen molar-refractivity contribution < 1.29 is 19.0 Å². The lowest BCUT2D eigenvalue weighted by Gasteiger charge is -2.11. The van der Waals surface area contributed by atoms with Gasteiger partial charge in [-0.2, -0.15) is 0 Å². The highest BCUT2D eigenvalue weighted by molar-refractivity contribution is 7.99. The molecule has 1 amide bonds. The Morgan fingerprint density at radius 3 is 3.11 bits per heavy atom. The smallest absolute Gasteiger partial charge is 0.344 e. The summed E-state index contributed by atoms with van der Waals surface area (Å²) in [6.07, 6.45) is 1.96. The van der Waals surface area contributed by atoms with Gasteiger partial charge in [0.2, 0.25) is 12.7 Å². The summed E-state index contributed by atoms with van der Waals surface area (Å²) in [6.45, 7) is 1.79. The van der Waals surface area contributed by atoms with Crippen molar-refractivity contribution in [1.29, 1.82) is 0 Å². The van der Waals surface area contributed by atoms with Crippen LogP contribution in [0.15, 0.2) is 28.2 Å². The maximum absolute atomic E-state index is 12.1. The van der Waals surface area contributed by atoms with Crippen LogP contribution in [0.3, 0.4) is 0 Å². The summed E-state index contributed by atoms with van der Waals surface area (Å²) < 4.78 is 17.7. The molecule has 3 heterocycles. The van der Waals surface area contributed by atoms with Gasteiger partial charge in [-0.1, -0.05) is 17.8 Å². The number of aromatic nitrogens is 3. The van der Waals surface area contributed by atoms with E-state index < -0.39 is 0 Å². The molecule has 1 saturated heterocycles.